The van der Waals surface area contributed by atoms with E-state index < -0.39 is 74.0 Å². The van der Waals surface area contributed by atoms with Gasteiger partial charge in [-0.3, -0.25) is 0 Å². The van der Waals surface area contributed by atoms with Crippen molar-refractivity contribution in [2.24, 2.45) is 0 Å². The van der Waals surface area contributed by atoms with Gasteiger partial charge < -0.3 is 61.3 Å². The number of aliphatic carboxylic acids is 2. The topological polar surface area (TPSA) is 277 Å². The van der Waals surface area contributed by atoms with E-state index in [-0.39, 0.29) is 23.9 Å². The molecule has 4 radical (unpaired) electrons. The van der Waals surface area contributed by atoms with Gasteiger partial charge in [0.2, 0.25) is 0 Å². The van der Waals surface area contributed by atoms with Gasteiger partial charge in [0, 0.05) is 23.9 Å². The molecule has 0 spiro atoms. The number of carboxylic acid groups (broad SMARTS) is 2. The third-order valence-corrected chi connectivity index (χ3v) is 3.02. The minimum absolute atomic E-state index is 0. The van der Waals surface area contributed by atoms with Crippen LogP contribution in [0.2, 0.25) is 0 Å². The van der Waals surface area contributed by atoms with Crippen molar-refractivity contribution >= 4 is 35.8 Å². The molecule has 0 aliphatic rings. The van der Waals surface area contributed by atoms with Crippen molar-refractivity contribution < 1.29 is 70.9 Å². The molecule has 0 fully saturated rings. The molecule has 0 amide bonds. The quantitative estimate of drug-likeness (QED) is 0.122. The van der Waals surface area contributed by atoms with Gasteiger partial charge >= 0.3 is 11.9 Å². The van der Waals surface area contributed by atoms with Gasteiger partial charge in [0.15, 0.2) is 12.2 Å². The van der Waals surface area contributed by atoms with Crippen molar-refractivity contribution in [2.75, 3.05) is 13.2 Å². The summed E-state index contributed by atoms with van der Waals surface area (Å²) < 4.78 is 0. The number of carboxylic acids is 2. The molecule has 14 nitrogen and oxygen atoms in total. The molecule has 0 rings (SSSR count). The summed E-state index contributed by atoms with van der Waals surface area (Å²) in [5.41, 5.74) is 0. The molecule has 0 aromatic carbocycles. The fraction of sp³-hybridized carbons (Fsp3) is 0.833. The number of hydrogen-bond donors (Lipinski definition) is 12. The first kappa shape index (κ1) is 31.0. The first-order valence-electron chi connectivity index (χ1n) is 6.95. The second-order valence-corrected chi connectivity index (χ2v) is 5.03. The molecular weight excluding hydrogens is 487 g/mol. The van der Waals surface area contributed by atoms with Crippen molar-refractivity contribution in [2.45, 2.75) is 48.8 Å². The van der Waals surface area contributed by atoms with Crippen LogP contribution in [0.1, 0.15) is 0 Å². The third kappa shape index (κ3) is 11.1. The van der Waals surface area contributed by atoms with E-state index in [2.05, 4.69) is 0 Å². The minimum atomic E-state index is -2.20. The maximum absolute atomic E-state index is 10.1. The van der Waals surface area contributed by atoms with E-state index in [0.29, 0.717) is 0 Å². The summed E-state index contributed by atoms with van der Waals surface area (Å²) in [5, 5.41) is 104. The van der Waals surface area contributed by atoms with E-state index in [1.54, 1.807) is 0 Å². The average Bonchev–Trinajstić information content (AvgIpc) is 2.62. The molecule has 15 heteroatoms. The molecule has 27 heavy (non-hydrogen) atoms. The smallest absolute Gasteiger partial charge is 0.335 e. The Kier molecular flexibility index (Phi) is 17.6. The van der Waals surface area contributed by atoms with Crippen LogP contribution < -0.4 is 0 Å². The van der Waals surface area contributed by atoms with Crippen LogP contribution in [0, 0.1) is 0 Å². The van der Waals surface area contributed by atoms with Gasteiger partial charge in [0.1, 0.15) is 36.6 Å². The number of carbonyl (C=O) groups is 2. The zero-order valence-corrected chi connectivity index (χ0v) is 16.6. The van der Waals surface area contributed by atoms with E-state index in [9.17, 15) is 9.59 Å². The molecule has 0 aliphatic heterocycles. The summed E-state index contributed by atoms with van der Waals surface area (Å²) in [6.45, 7) is -1.69. The SMILES string of the molecule is O=C(O)[C@H](O)[C@@H](O)[C@H](O)[C@H](O)CO.O=C(O)[C@H](O)[C@@H](O)[C@H](O)[C@H](O)CO.[Sn]. The van der Waals surface area contributed by atoms with Gasteiger partial charge in [-0.25, -0.2) is 9.59 Å². The molecule has 0 saturated heterocycles. The molecular formula is C12H24O14Sn. The van der Waals surface area contributed by atoms with Crippen LogP contribution in [-0.2, 0) is 9.59 Å². The van der Waals surface area contributed by atoms with Crippen molar-refractivity contribution in [3.8, 4) is 0 Å². The molecule has 0 saturated carbocycles. The van der Waals surface area contributed by atoms with Gasteiger partial charge in [0.25, 0.3) is 0 Å². The molecule has 12 N–H and O–H groups in total. The summed E-state index contributed by atoms with van der Waals surface area (Å²) in [6, 6.07) is 0. The van der Waals surface area contributed by atoms with Crippen LogP contribution in [0.4, 0.5) is 0 Å². The number of rotatable bonds is 10. The molecule has 0 aromatic heterocycles. The van der Waals surface area contributed by atoms with Crippen molar-refractivity contribution in [1.82, 2.24) is 0 Å². The van der Waals surface area contributed by atoms with E-state index in [0.717, 1.165) is 0 Å². The fourth-order valence-corrected chi connectivity index (χ4v) is 1.34. The summed E-state index contributed by atoms with van der Waals surface area (Å²) in [6.07, 6.45) is -15.7. The first-order valence-corrected chi connectivity index (χ1v) is 6.95. The van der Waals surface area contributed by atoms with Crippen LogP contribution in [-0.4, -0.2) is 159 Å². The summed E-state index contributed by atoms with van der Waals surface area (Å²) in [7, 11) is 0. The van der Waals surface area contributed by atoms with Crippen molar-refractivity contribution in [3.05, 3.63) is 0 Å². The fourth-order valence-electron chi connectivity index (χ4n) is 1.34. The monoisotopic (exact) mass is 512 g/mol. The first-order chi connectivity index (χ1) is 11.8. The molecule has 0 unspecified atom stereocenters. The largest absolute Gasteiger partial charge is 0.479 e. The van der Waals surface area contributed by atoms with Crippen LogP contribution in [0.5, 0.6) is 0 Å². The van der Waals surface area contributed by atoms with Crippen LogP contribution in [0.25, 0.3) is 0 Å². The van der Waals surface area contributed by atoms with Gasteiger partial charge in [-0.05, 0) is 0 Å². The van der Waals surface area contributed by atoms with E-state index >= 15 is 0 Å². The van der Waals surface area contributed by atoms with Gasteiger partial charge in [-0.1, -0.05) is 0 Å². The Balaban J connectivity index is -0.000000411. The van der Waals surface area contributed by atoms with Gasteiger partial charge in [-0.15, -0.1) is 0 Å². The normalized spacial score (nSPS) is 19.6. The zero-order chi connectivity index (χ0) is 21.2. The Morgan fingerprint density at radius 3 is 0.926 bits per heavy atom. The Morgan fingerprint density at radius 1 is 0.556 bits per heavy atom. The standard InChI is InChI=1S/2C6H12O7.Sn/c2*7-1-2(8)3(9)4(10)5(11)6(12)13;/h2*2-5,7-11H,1H2,(H,12,13);/t2*2-,3-,4+,5-;/m11./s1. The predicted octanol–water partition coefficient (Wildman–Crippen LogP) is -7.37. The van der Waals surface area contributed by atoms with E-state index in [1.807, 2.05) is 0 Å². The van der Waals surface area contributed by atoms with Crippen molar-refractivity contribution in [1.29, 1.82) is 0 Å². The second kappa shape index (κ2) is 15.3. The summed E-state index contributed by atoms with van der Waals surface area (Å²) >= 11 is 0. The minimum Gasteiger partial charge on any atom is -0.479 e. The molecule has 0 aliphatic carbocycles. The van der Waals surface area contributed by atoms with Crippen LogP contribution in [0.3, 0.4) is 0 Å². The van der Waals surface area contributed by atoms with E-state index in [4.69, 9.17) is 61.3 Å². The molecule has 160 valence electrons. The molecule has 0 aromatic rings. The Hall–Kier alpha value is -0.661. The number of aliphatic hydroxyl groups is 10. The Morgan fingerprint density at radius 2 is 0.778 bits per heavy atom. The third-order valence-electron chi connectivity index (χ3n) is 3.02. The van der Waals surface area contributed by atoms with E-state index in [1.165, 1.54) is 0 Å². The van der Waals surface area contributed by atoms with Gasteiger partial charge in [0.05, 0.1) is 13.2 Å². The van der Waals surface area contributed by atoms with Crippen molar-refractivity contribution in [3.63, 3.8) is 0 Å². The zero-order valence-electron chi connectivity index (χ0n) is 13.7. The predicted molar refractivity (Wildman–Crippen MR) is 83.3 cm³/mol. The second-order valence-electron chi connectivity index (χ2n) is 5.03. The molecule has 0 bridgehead atoms. The van der Waals surface area contributed by atoms with Crippen LogP contribution in [0.15, 0.2) is 0 Å². The Bertz CT molecular complexity index is 385. The molecule has 8 atom stereocenters. The maximum Gasteiger partial charge on any atom is 0.335 e. The summed E-state index contributed by atoms with van der Waals surface area (Å²) in [4.78, 5) is 20.2. The summed E-state index contributed by atoms with van der Waals surface area (Å²) in [5.74, 6) is -3.45. The average molecular weight is 511 g/mol. The number of aliphatic hydroxyl groups excluding tert-OH is 10. The molecule has 0 heterocycles. The maximum atomic E-state index is 10.1. The Labute approximate surface area is 169 Å². The number of hydrogen-bond acceptors (Lipinski definition) is 12. The van der Waals surface area contributed by atoms with Gasteiger partial charge in [-0.2, -0.15) is 0 Å². The van der Waals surface area contributed by atoms with Crippen LogP contribution >= 0.6 is 0 Å².